The van der Waals surface area contributed by atoms with E-state index in [1.165, 1.54) is 6.42 Å². The van der Waals surface area contributed by atoms with Crippen LogP contribution in [-0.4, -0.2) is 11.0 Å². The number of halogens is 1. The topological polar surface area (TPSA) is 24.9 Å². The van der Waals surface area contributed by atoms with E-state index in [0.29, 0.717) is 11.1 Å². The van der Waals surface area contributed by atoms with Crippen LogP contribution in [0.25, 0.3) is 0 Å². The molecule has 1 aliphatic rings. The average Bonchev–Trinajstić information content (AvgIpc) is 2.72. The molecule has 0 bridgehead atoms. The molecule has 1 fully saturated rings. The molecule has 0 spiro atoms. The quantitative estimate of drug-likeness (QED) is 0.761. The van der Waals surface area contributed by atoms with Crippen molar-refractivity contribution >= 4 is 17.4 Å². The van der Waals surface area contributed by atoms with E-state index >= 15 is 0 Å². The molecule has 1 saturated carbocycles. The summed E-state index contributed by atoms with van der Waals surface area (Å²) in [6.45, 7) is 2.23. The molecule has 0 aromatic carbocycles. The number of anilines is 1. The first kappa shape index (κ1) is 7.87. The van der Waals surface area contributed by atoms with Gasteiger partial charge in [-0.25, -0.2) is 4.98 Å². The van der Waals surface area contributed by atoms with E-state index in [4.69, 9.17) is 11.6 Å². The van der Waals surface area contributed by atoms with Gasteiger partial charge < -0.3 is 5.32 Å². The zero-order valence-electron chi connectivity index (χ0n) is 6.92. The van der Waals surface area contributed by atoms with Gasteiger partial charge in [-0.1, -0.05) is 18.5 Å². The van der Waals surface area contributed by atoms with Crippen molar-refractivity contribution < 1.29 is 0 Å². The van der Waals surface area contributed by atoms with E-state index in [-0.39, 0.29) is 0 Å². The molecule has 3 heteroatoms. The molecular formula is C9H11ClN2. The molecule has 1 aromatic rings. The van der Waals surface area contributed by atoms with E-state index in [0.717, 1.165) is 11.7 Å². The van der Waals surface area contributed by atoms with Crippen LogP contribution in [0.2, 0.25) is 5.02 Å². The average molecular weight is 183 g/mol. The Morgan fingerprint density at radius 1 is 1.58 bits per heavy atom. The summed E-state index contributed by atoms with van der Waals surface area (Å²) in [6, 6.07) is 4.38. The Balaban J connectivity index is 2.00. The molecule has 64 valence electrons. The van der Waals surface area contributed by atoms with E-state index in [1.807, 2.05) is 12.1 Å². The molecule has 1 aliphatic carbocycles. The van der Waals surface area contributed by atoms with E-state index in [2.05, 4.69) is 17.2 Å². The number of hydrogen-bond acceptors (Lipinski definition) is 2. The largest absolute Gasteiger partial charge is 0.367 e. The van der Waals surface area contributed by atoms with Crippen LogP contribution < -0.4 is 5.32 Å². The van der Waals surface area contributed by atoms with Crippen molar-refractivity contribution in [1.29, 1.82) is 0 Å². The van der Waals surface area contributed by atoms with Crippen molar-refractivity contribution in [3.05, 3.63) is 23.4 Å². The van der Waals surface area contributed by atoms with Crippen molar-refractivity contribution in [2.24, 2.45) is 5.92 Å². The fraction of sp³-hybridized carbons (Fsp3) is 0.444. The van der Waals surface area contributed by atoms with Crippen LogP contribution in [0.4, 0.5) is 5.82 Å². The van der Waals surface area contributed by atoms with Gasteiger partial charge in [0.25, 0.3) is 0 Å². The number of nitrogens with one attached hydrogen (secondary N) is 1. The summed E-state index contributed by atoms with van der Waals surface area (Å²) in [5, 5.41) is 4.01. The summed E-state index contributed by atoms with van der Waals surface area (Å²) >= 11 is 5.70. The Morgan fingerprint density at radius 2 is 2.33 bits per heavy atom. The highest BCUT2D eigenvalue weighted by atomic mass is 35.5. The van der Waals surface area contributed by atoms with Gasteiger partial charge >= 0.3 is 0 Å². The zero-order chi connectivity index (χ0) is 8.55. The first-order valence-corrected chi connectivity index (χ1v) is 4.51. The Hall–Kier alpha value is -0.760. The predicted molar refractivity (Wildman–Crippen MR) is 50.4 cm³/mol. The molecule has 0 radical (unpaired) electrons. The predicted octanol–water partition coefficient (Wildman–Crippen LogP) is 2.56. The minimum Gasteiger partial charge on any atom is -0.367 e. The van der Waals surface area contributed by atoms with E-state index in [1.54, 1.807) is 6.20 Å². The summed E-state index contributed by atoms with van der Waals surface area (Å²) in [6.07, 6.45) is 2.92. The van der Waals surface area contributed by atoms with Gasteiger partial charge in [-0.3, -0.25) is 0 Å². The SMILES string of the molecule is C[C@@H]1C[C@H]1Nc1ccc(Cl)cn1. The Morgan fingerprint density at radius 3 is 2.83 bits per heavy atom. The number of hydrogen-bond donors (Lipinski definition) is 1. The minimum absolute atomic E-state index is 0.624. The lowest BCUT2D eigenvalue weighted by Gasteiger charge is -2.02. The second-order valence-electron chi connectivity index (χ2n) is 3.33. The van der Waals surface area contributed by atoms with Crippen molar-refractivity contribution in [3.63, 3.8) is 0 Å². The molecule has 0 aliphatic heterocycles. The van der Waals surface area contributed by atoms with E-state index < -0.39 is 0 Å². The highest BCUT2D eigenvalue weighted by Crippen LogP contribution is 2.32. The second-order valence-corrected chi connectivity index (χ2v) is 3.76. The van der Waals surface area contributed by atoms with Crippen LogP contribution in [0.3, 0.4) is 0 Å². The van der Waals surface area contributed by atoms with Gasteiger partial charge in [0, 0.05) is 12.2 Å². The van der Waals surface area contributed by atoms with Crippen LogP contribution >= 0.6 is 11.6 Å². The fourth-order valence-electron chi connectivity index (χ4n) is 1.17. The summed E-state index contributed by atoms with van der Waals surface area (Å²) in [5.41, 5.74) is 0. The Bertz CT molecular complexity index is 270. The maximum absolute atomic E-state index is 5.70. The number of nitrogens with zero attached hydrogens (tertiary/aromatic N) is 1. The maximum atomic E-state index is 5.70. The molecule has 0 unspecified atom stereocenters. The monoisotopic (exact) mass is 182 g/mol. The molecular weight excluding hydrogens is 172 g/mol. The van der Waals surface area contributed by atoms with Gasteiger partial charge in [0.2, 0.25) is 0 Å². The molecule has 12 heavy (non-hydrogen) atoms. The summed E-state index contributed by atoms with van der Waals surface area (Å²) < 4.78 is 0. The molecule has 1 N–H and O–H groups in total. The van der Waals surface area contributed by atoms with Gasteiger partial charge in [0.15, 0.2) is 0 Å². The normalized spacial score (nSPS) is 26.8. The van der Waals surface area contributed by atoms with Crippen LogP contribution in [-0.2, 0) is 0 Å². The van der Waals surface area contributed by atoms with Crippen molar-refractivity contribution in [1.82, 2.24) is 4.98 Å². The lowest BCUT2D eigenvalue weighted by atomic mass is 10.4. The number of rotatable bonds is 2. The summed E-state index contributed by atoms with van der Waals surface area (Å²) in [4.78, 5) is 4.15. The van der Waals surface area contributed by atoms with E-state index in [9.17, 15) is 0 Å². The molecule has 1 heterocycles. The standard InChI is InChI=1S/C9H11ClN2/c1-6-4-8(6)12-9-3-2-7(10)5-11-9/h2-3,5-6,8H,4H2,1H3,(H,11,12)/t6-,8-/m1/s1. The third kappa shape index (κ3) is 1.69. The maximum Gasteiger partial charge on any atom is 0.126 e. The van der Waals surface area contributed by atoms with Gasteiger partial charge in [0.05, 0.1) is 5.02 Å². The third-order valence-electron chi connectivity index (χ3n) is 2.17. The summed E-state index contributed by atoms with van der Waals surface area (Å²) in [7, 11) is 0. The smallest absolute Gasteiger partial charge is 0.126 e. The highest BCUT2D eigenvalue weighted by Gasteiger charge is 2.32. The van der Waals surface area contributed by atoms with Crippen LogP contribution in [0.1, 0.15) is 13.3 Å². The van der Waals surface area contributed by atoms with Crippen molar-refractivity contribution in [3.8, 4) is 0 Å². The minimum atomic E-state index is 0.624. The molecule has 2 rings (SSSR count). The van der Waals surface area contributed by atoms with Crippen molar-refractivity contribution in [2.45, 2.75) is 19.4 Å². The van der Waals surface area contributed by atoms with Gasteiger partial charge in [-0.15, -0.1) is 0 Å². The lowest BCUT2D eigenvalue weighted by Crippen LogP contribution is -2.04. The summed E-state index contributed by atoms with van der Waals surface area (Å²) in [5.74, 6) is 1.72. The number of pyridine rings is 1. The Kier molecular flexibility index (Phi) is 1.93. The van der Waals surface area contributed by atoms with Gasteiger partial charge in [-0.2, -0.15) is 0 Å². The van der Waals surface area contributed by atoms with Gasteiger partial charge in [0.1, 0.15) is 5.82 Å². The number of aromatic nitrogens is 1. The van der Waals surface area contributed by atoms with Crippen molar-refractivity contribution in [2.75, 3.05) is 5.32 Å². The third-order valence-corrected chi connectivity index (χ3v) is 2.39. The van der Waals surface area contributed by atoms with Crippen LogP contribution in [0, 0.1) is 5.92 Å². The molecule has 0 saturated heterocycles. The first-order chi connectivity index (χ1) is 5.75. The molecule has 1 aromatic heterocycles. The first-order valence-electron chi connectivity index (χ1n) is 4.14. The molecule has 2 atom stereocenters. The molecule has 0 amide bonds. The molecule has 2 nitrogen and oxygen atoms in total. The van der Waals surface area contributed by atoms with Crippen LogP contribution in [0.15, 0.2) is 18.3 Å². The fourth-order valence-corrected chi connectivity index (χ4v) is 1.29. The van der Waals surface area contributed by atoms with Gasteiger partial charge in [-0.05, 0) is 24.5 Å². The second kappa shape index (κ2) is 2.94. The lowest BCUT2D eigenvalue weighted by molar-refractivity contribution is 0.924. The van der Waals surface area contributed by atoms with Crippen LogP contribution in [0.5, 0.6) is 0 Å². The Labute approximate surface area is 77.0 Å². The zero-order valence-corrected chi connectivity index (χ0v) is 7.67. The highest BCUT2D eigenvalue weighted by molar-refractivity contribution is 6.30.